The summed E-state index contributed by atoms with van der Waals surface area (Å²) in [7, 11) is 0. The third-order valence-corrected chi connectivity index (χ3v) is 8.08. The summed E-state index contributed by atoms with van der Waals surface area (Å²) in [6.45, 7) is 3.98. The van der Waals surface area contributed by atoms with E-state index >= 15 is 0 Å². The van der Waals surface area contributed by atoms with Crippen molar-refractivity contribution in [1.82, 2.24) is 26.6 Å². The molecule has 4 atom stereocenters. The average Bonchev–Trinajstić information content (AvgIpc) is 3.01. The highest BCUT2D eigenvalue weighted by atomic mass is 16.3. The second-order valence-corrected chi connectivity index (χ2v) is 11.0. The second-order valence-electron chi connectivity index (χ2n) is 11.0. The summed E-state index contributed by atoms with van der Waals surface area (Å²) < 4.78 is 4.42. The second kappa shape index (κ2) is 12.8. The Balaban J connectivity index is 1.18. The number of aliphatic imine (C=N–C) groups is 1. The van der Waals surface area contributed by atoms with Crippen LogP contribution in [-0.4, -0.2) is 125 Å². The summed E-state index contributed by atoms with van der Waals surface area (Å²) in [5.74, 6) is 1.00. The molecule has 4 heterocycles. The van der Waals surface area contributed by atoms with Gasteiger partial charge in [-0.05, 0) is 35.2 Å². The molecule has 4 aliphatic heterocycles. The zero-order chi connectivity index (χ0) is 28.1. The molecule has 13 heteroatoms. The summed E-state index contributed by atoms with van der Waals surface area (Å²) in [6, 6.07) is 4.74. The van der Waals surface area contributed by atoms with Crippen molar-refractivity contribution in [2.75, 3.05) is 52.5 Å². The Hall–Kier alpha value is -3.42. The molecule has 8 N–H and O–H groups in total. The normalized spacial score (nSPS) is 26.5. The van der Waals surface area contributed by atoms with Crippen LogP contribution in [0.4, 0.5) is 0 Å². The average molecular weight is 558 g/mol. The standard InChI is InChI=1S/C27H40N8O5/c36-14-17-9-18(24(39)28-12-20-1-5-34-7-3-22(15-37)32-26(34)30-20)11-19(10-17)25(40)29-13-21-2-6-35-8-4-23(16-38)33-27(35)31-21/h9-11,20-23,36-38H,1-8,12-16H2,(H4,28,29,30,31,32,33,39,40)/p+1/t20-,21-,22-,23-/m0/s1. The van der Waals surface area contributed by atoms with Crippen molar-refractivity contribution in [2.45, 2.75) is 56.5 Å². The third-order valence-electron chi connectivity index (χ3n) is 8.08. The molecule has 1 aromatic carbocycles. The van der Waals surface area contributed by atoms with E-state index in [9.17, 15) is 25.2 Å². The predicted molar refractivity (Wildman–Crippen MR) is 146 cm³/mol. The van der Waals surface area contributed by atoms with Crippen molar-refractivity contribution in [3.63, 3.8) is 0 Å². The first kappa shape index (κ1) is 28.1. The molecule has 218 valence electrons. The zero-order valence-electron chi connectivity index (χ0n) is 22.7. The lowest BCUT2D eigenvalue weighted by Crippen LogP contribution is -2.61. The molecule has 4 aliphatic rings. The largest absolute Gasteiger partial charge is 0.858 e. The Morgan fingerprint density at radius 3 is 1.95 bits per heavy atom. The van der Waals surface area contributed by atoms with Gasteiger partial charge < -0.3 is 25.7 Å². The molecule has 0 fully saturated rings. The van der Waals surface area contributed by atoms with Crippen molar-refractivity contribution < 1.29 is 34.4 Å². The maximum Gasteiger partial charge on any atom is 0.346 e. The minimum absolute atomic E-state index is 0.0201. The number of hydrogen-bond donors (Lipinski definition) is 8. The molecule has 40 heavy (non-hydrogen) atoms. The van der Waals surface area contributed by atoms with Crippen LogP contribution in [0, 0.1) is 0 Å². The van der Waals surface area contributed by atoms with Crippen LogP contribution in [0.3, 0.4) is 0 Å². The topological polar surface area (TPSA) is 179 Å². The van der Waals surface area contributed by atoms with Gasteiger partial charge in [0.2, 0.25) is 0 Å². The van der Waals surface area contributed by atoms with E-state index in [1.807, 2.05) is 0 Å². The zero-order valence-corrected chi connectivity index (χ0v) is 22.7. The van der Waals surface area contributed by atoms with Gasteiger partial charge in [0, 0.05) is 31.2 Å². The number of nitrogens with zero attached hydrogens (tertiary/aromatic N) is 3. The Labute approximate surface area is 233 Å². The molecule has 13 nitrogen and oxygen atoms in total. The minimum Gasteiger partial charge on any atom is -0.858 e. The molecule has 0 bridgehead atoms. The number of aliphatic hydroxyl groups excluding tert-OH is 3. The molecule has 0 saturated carbocycles. The van der Waals surface area contributed by atoms with Gasteiger partial charge in [-0.1, -0.05) is 0 Å². The van der Waals surface area contributed by atoms with Crippen LogP contribution in [0.5, 0.6) is 0 Å². The number of guanidine groups is 2. The number of carbonyl (C=O) groups excluding carboxylic acids is 1. The van der Waals surface area contributed by atoms with Gasteiger partial charge >= 0.3 is 11.9 Å². The molecule has 0 unspecified atom stereocenters. The summed E-state index contributed by atoms with van der Waals surface area (Å²) in [6.07, 6.45) is 3.45. The van der Waals surface area contributed by atoms with Crippen LogP contribution in [0.1, 0.15) is 47.2 Å². The van der Waals surface area contributed by atoms with E-state index in [4.69, 9.17) is 0 Å². The van der Waals surface area contributed by atoms with Crippen LogP contribution >= 0.6 is 0 Å². The van der Waals surface area contributed by atoms with E-state index in [1.165, 1.54) is 6.07 Å². The first-order valence-corrected chi connectivity index (χ1v) is 14.2. The van der Waals surface area contributed by atoms with Gasteiger partial charge in [0.1, 0.15) is 12.1 Å². The molecular formula is C27H41N8O5+. The predicted octanol–water partition coefficient (Wildman–Crippen LogP) is -3.82. The van der Waals surface area contributed by atoms with Crippen molar-refractivity contribution >= 4 is 23.7 Å². The summed E-state index contributed by atoms with van der Waals surface area (Å²) in [5, 5.41) is 58.1. The van der Waals surface area contributed by atoms with Gasteiger partial charge in [-0.25, -0.2) is 0 Å². The van der Waals surface area contributed by atoms with E-state index < -0.39 is 5.90 Å². The number of nitrogens with one attached hydrogen (secondary N) is 5. The Morgan fingerprint density at radius 2 is 1.35 bits per heavy atom. The van der Waals surface area contributed by atoms with E-state index in [2.05, 4.69) is 40.7 Å². The highest BCUT2D eigenvalue weighted by molar-refractivity contribution is 5.98. The maximum absolute atomic E-state index is 13.0. The van der Waals surface area contributed by atoms with Crippen molar-refractivity contribution in [3.05, 3.63) is 34.9 Å². The highest BCUT2D eigenvalue weighted by Gasteiger charge is 2.32. The fourth-order valence-electron chi connectivity index (χ4n) is 5.63. The molecule has 0 spiro atoms. The maximum atomic E-state index is 13.0. The summed E-state index contributed by atoms with van der Waals surface area (Å²) in [5.41, 5.74) is 1.04. The van der Waals surface area contributed by atoms with Gasteiger partial charge in [0.05, 0.1) is 71.2 Å². The lowest BCUT2D eigenvalue weighted by molar-refractivity contribution is -0.542. The lowest BCUT2D eigenvalue weighted by atomic mass is 10.0. The molecule has 1 amide bonds. The number of aliphatic hydroxyl groups is 3. The highest BCUT2D eigenvalue weighted by Crippen LogP contribution is 2.13. The fourth-order valence-corrected chi connectivity index (χ4v) is 5.63. The van der Waals surface area contributed by atoms with Crippen molar-refractivity contribution in [1.29, 1.82) is 0 Å². The molecule has 1 aromatic rings. The number of hydrogen-bond acceptors (Lipinski definition) is 10. The fraction of sp³-hybridized carbons (Fsp3) is 0.630. The number of carbonyl (C=O) groups is 1. The van der Waals surface area contributed by atoms with Gasteiger partial charge in [-0.2, -0.15) is 0 Å². The number of rotatable bonds is 9. The SMILES string of the molecule is O=C(NC[C@@H]1CC[N+]2=C(N[C@H](CO)CC2)N1)c1cc(CO)cc(C([O-])=NC[C@@H]2CC[N+]3=C(N[C@H](CO)CC3)N2)c1. The van der Waals surface area contributed by atoms with Gasteiger partial charge in [-0.3, -0.25) is 40.2 Å². The monoisotopic (exact) mass is 557 g/mol. The summed E-state index contributed by atoms with van der Waals surface area (Å²) in [4.78, 5) is 17.3. The molecule has 0 aliphatic carbocycles. The molecule has 0 aromatic heterocycles. The smallest absolute Gasteiger partial charge is 0.346 e. The van der Waals surface area contributed by atoms with Crippen LogP contribution in [0.15, 0.2) is 23.2 Å². The molecule has 0 saturated heterocycles. The summed E-state index contributed by atoms with van der Waals surface area (Å²) >= 11 is 0. The van der Waals surface area contributed by atoms with Crippen LogP contribution in [-0.2, 0) is 6.61 Å². The van der Waals surface area contributed by atoms with E-state index in [1.54, 1.807) is 12.1 Å². The van der Waals surface area contributed by atoms with Crippen LogP contribution in [0.2, 0.25) is 0 Å². The van der Waals surface area contributed by atoms with Crippen molar-refractivity contribution in [2.24, 2.45) is 4.99 Å². The molecular weight excluding hydrogens is 516 g/mol. The number of amides is 1. The lowest BCUT2D eigenvalue weighted by Gasteiger charge is -2.31. The van der Waals surface area contributed by atoms with Gasteiger partial charge in [0.15, 0.2) is 0 Å². The van der Waals surface area contributed by atoms with E-state index in [0.29, 0.717) is 17.7 Å². The van der Waals surface area contributed by atoms with Crippen LogP contribution < -0.4 is 31.7 Å². The first-order chi connectivity index (χ1) is 19.4. The minimum atomic E-state index is -0.435. The Kier molecular flexibility index (Phi) is 9.02. The van der Waals surface area contributed by atoms with Crippen LogP contribution in [0.25, 0.3) is 0 Å². The molecule has 0 radical (unpaired) electrons. The van der Waals surface area contributed by atoms with Gasteiger partial charge in [-0.15, -0.1) is 0 Å². The van der Waals surface area contributed by atoms with Crippen molar-refractivity contribution in [3.8, 4) is 0 Å². The van der Waals surface area contributed by atoms with E-state index in [0.717, 1.165) is 63.8 Å². The molecule has 5 rings (SSSR count). The number of benzene rings is 1. The quantitative estimate of drug-likeness (QED) is 0.0858. The third kappa shape index (κ3) is 6.65. The first-order valence-electron chi connectivity index (χ1n) is 14.2. The Morgan fingerprint density at radius 1 is 0.825 bits per heavy atom. The van der Waals surface area contributed by atoms with E-state index in [-0.39, 0.29) is 62.0 Å². The van der Waals surface area contributed by atoms with Gasteiger partial charge in [0.25, 0.3) is 5.91 Å². The Bertz CT molecular complexity index is 1190.